The first-order valence-corrected chi connectivity index (χ1v) is 8.98. The zero-order chi connectivity index (χ0) is 17.8. The molecule has 0 saturated carbocycles. The minimum Gasteiger partial charge on any atom is -0.377 e. The maximum absolute atomic E-state index is 12.8. The molecule has 8 nitrogen and oxygen atoms in total. The Morgan fingerprint density at radius 3 is 3.12 bits per heavy atom. The molecular weight excluding hydrogens is 334 g/mol. The van der Waals surface area contributed by atoms with Gasteiger partial charge in [-0.05, 0) is 24.5 Å². The number of anilines is 1. The largest absolute Gasteiger partial charge is 0.377 e. The van der Waals surface area contributed by atoms with Gasteiger partial charge in [0.05, 0.1) is 43.8 Å². The van der Waals surface area contributed by atoms with Gasteiger partial charge in [0.25, 0.3) is 0 Å². The summed E-state index contributed by atoms with van der Waals surface area (Å²) in [6, 6.07) is 3.73. The molecule has 2 aliphatic rings. The van der Waals surface area contributed by atoms with Crippen molar-refractivity contribution >= 4 is 11.7 Å². The van der Waals surface area contributed by atoms with Gasteiger partial charge in [-0.2, -0.15) is 5.10 Å². The Bertz CT molecular complexity index is 729. The molecule has 0 aliphatic carbocycles. The Morgan fingerprint density at radius 1 is 1.35 bits per heavy atom. The van der Waals surface area contributed by atoms with E-state index in [1.807, 2.05) is 23.2 Å². The number of urea groups is 1. The number of morpholine rings is 1. The van der Waals surface area contributed by atoms with E-state index >= 15 is 0 Å². The molecule has 2 aromatic rings. The molecule has 4 rings (SSSR count). The topological polar surface area (TPSA) is 81.5 Å². The molecule has 2 unspecified atom stereocenters. The predicted molar refractivity (Wildman–Crippen MR) is 94.9 cm³/mol. The summed E-state index contributed by atoms with van der Waals surface area (Å²) in [7, 11) is 0. The van der Waals surface area contributed by atoms with Gasteiger partial charge in [-0.15, -0.1) is 0 Å². The number of carbonyl (C=O) groups is 1. The average molecular weight is 357 g/mol. The van der Waals surface area contributed by atoms with Crippen LogP contribution in [0.3, 0.4) is 0 Å². The molecule has 8 heteroatoms. The Labute approximate surface area is 152 Å². The molecule has 4 heterocycles. The first kappa shape index (κ1) is 17.0. The van der Waals surface area contributed by atoms with Gasteiger partial charge < -0.3 is 19.7 Å². The summed E-state index contributed by atoms with van der Waals surface area (Å²) in [5, 5.41) is 7.26. The predicted octanol–water partition coefficient (Wildman–Crippen LogP) is 1.74. The minimum atomic E-state index is -0.130. The van der Waals surface area contributed by atoms with Crippen molar-refractivity contribution in [2.45, 2.75) is 31.5 Å². The Morgan fingerprint density at radius 2 is 2.31 bits per heavy atom. The number of carbonyl (C=O) groups excluding carboxylic acids is 1. The molecule has 0 aromatic carbocycles. The average Bonchev–Trinajstić information content (AvgIpc) is 3.35. The van der Waals surface area contributed by atoms with Crippen LogP contribution < -0.4 is 5.32 Å². The van der Waals surface area contributed by atoms with Gasteiger partial charge in [-0.25, -0.2) is 4.79 Å². The number of ether oxygens (including phenoxy) is 2. The van der Waals surface area contributed by atoms with Gasteiger partial charge >= 0.3 is 6.03 Å². The molecule has 26 heavy (non-hydrogen) atoms. The highest BCUT2D eigenvalue weighted by molar-refractivity contribution is 5.89. The summed E-state index contributed by atoms with van der Waals surface area (Å²) in [4.78, 5) is 18.7. The number of rotatable bonds is 4. The van der Waals surface area contributed by atoms with E-state index in [0.717, 1.165) is 25.0 Å². The molecule has 1 N–H and O–H groups in total. The fraction of sp³-hybridized carbons (Fsp3) is 0.500. The van der Waals surface area contributed by atoms with Crippen molar-refractivity contribution in [1.82, 2.24) is 19.7 Å². The first-order chi connectivity index (χ1) is 12.8. The number of pyridine rings is 1. The van der Waals surface area contributed by atoms with E-state index in [1.165, 1.54) is 0 Å². The van der Waals surface area contributed by atoms with E-state index in [9.17, 15) is 4.79 Å². The fourth-order valence-corrected chi connectivity index (χ4v) is 3.48. The molecule has 0 radical (unpaired) electrons. The zero-order valence-electron chi connectivity index (χ0n) is 14.6. The van der Waals surface area contributed by atoms with Gasteiger partial charge in [-0.1, -0.05) is 6.07 Å². The molecule has 2 amide bonds. The van der Waals surface area contributed by atoms with Crippen LogP contribution in [0.25, 0.3) is 0 Å². The van der Waals surface area contributed by atoms with Gasteiger partial charge in [0.2, 0.25) is 0 Å². The molecular formula is C18H23N5O3. The van der Waals surface area contributed by atoms with Crippen molar-refractivity contribution in [3.63, 3.8) is 0 Å². The third kappa shape index (κ3) is 3.86. The summed E-state index contributed by atoms with van der Waals surface area (Å²) in [6.45, 7) is 3.02. The molecule has 0 spiro atoms. The van der Waals surface area contributed by atoms with Gasteiger partial charge in [0, 0.05) is 31.7 Å². The van der Waals surface area contributed by atoms with E-state index in [-0.39, 0.29) is 18.2 Å². The number of nitrogens with zero attached hydrogens (tertiary/aromatic N) is 4. The van der Waals surface area contributed by atoms with Gasteiger partial charge in [0.1, 0.15) is 0 Å². The molecule has 2 aliphatic heterocycles. The van der Waals surface area contributed by atoms with Crippen LogP contribution >= 0.6 is 0 Å². The zero-order valence-corrected chi connectivity index (χ0v) is 14.6. The quantitative estimate of drug-likeness (QED) is 0.901. The van der Waals surface area contributed by atoms with Crippen molar-refractivity contribution in [2.75, 3.05) is 31.7 Å². The molecule has 0 bridgehead atoms. The second kappa shape index (κ2) is 7.84. The molecule has 2 fully saturated rings. The highest BCUT2D eigenvalue weighted by Gasteiger charge is 2.36. The summed E-state index contributed by atoms with van der Waals surface area (Å²) in [5.41, 5.74) is 1.73. The number of hydrogen-bond acceptors (Lipinski definition) is 5. The maximum atomic E-state index is 12.8. The lowest BCUT2D eigenvalue weighted by molar-refractivity contribution is -0.0452. The third-order valence-corrected chi connectivity index (χ3v) is 4.77. The molecule has 2 aromatic heterocycles. The number of amides is 2. The van der Waals surface area contributed by atoms with Crippen molar-refractivity contribution in [3.8, 4) is 0 Å². The SMILES string of the molecule is O=C(Nc1cnn(Cc2cccnc2)c1)N1CCOCC1C1CCCO1. The monoisotopic (exact) mass is 357 g/mol. The number of nitrogens with one attached hydrogen (secondary N) is 1. The first-order valence-electron chi connectivity index (χ1n) is 8.98. The summed E-state index contributed by atoms with van der Waals surface area (Å²) < 4.78 is 13.1. The normalized spacial score (nSPS) is 23.2. The van der Waals surface area contributed by atoms with E-state index in [4.69, 9.17) is 9.47 Å². The van der Waals surface area contributed by atoms with Crippen LogP contribution in [0, 0.1) is 0 Å². The summed E-state index contributed by atoms with van der Waals surface area (Å²) in [5.74, 6) is 0. The van der Waals surface area contributed by atoms with Crippen molar-refractivity contribution in [3.05, 3.63) is 42.5 Å². The van der Waals surface area contributed by atoms with Crippen LogP contribution in [0.15, 0.2) is 36.9 Å². The molecule has 138 valence electrons. The van der Waals surface area contributed by atoms with E-state index in [2.05, 4.69) is 15.4 Å². The van der Waals surface area contributed by atoms with Crippen molar-refractivity contribution in [2.24, 2.45) is 0 Å². The lowest BCUT2D eigenvalue weighted by atomic mass is 10.1. The lowest BCUT2D eigenvalue weighted by Crippen LogP contribution is -2.55. The van der Waals surface area contributed by atoms with Gasteiger partial charge in [0.15, 0.2) is 0 Å². The van der Waals surface area contributed by atoms with Crippen molar-refractivity contribution < 1.29 is 14.3 Å². The van der Waals surface area contributed by atoms with E-state index in [1.54, 1.807) is 23.3 Å². The van der Waals surface area contributed by atoms with Crippen LogP contribution in [-0.2, 0) is 16.0 Å². The van der Waals surface area contributed by atoms with Crippen LogP contribution in [-0.4, -0.2) is 64.2 Å². The molecule has 2 saturated heterocycles. The minimum absolute atomic E-state index is 0.0308. The molecule has 2 atom stereocenters. The fourth-order valence-electron chi connectivity index (χ4n) is 3.48. The Kier molecular flexibility index (Phi) is 5.12. The van der Waals surface area contributed by atoms with E-state index in [0.29, 0.717) is 32.0 Å². The highest BCUT2D eigenvalue weighted by atomic mass is 16.5. The van der Waals surface area contributed by atoms with Crippen LogP contribution in [0.1, 0.15) is 18.4 Å². The van der Waals surface area contributed by atoms with E-state index < -0.39 is 0 Å². The Balaban J connectivity index is 1.39. The second-order valence-corrected chi connectivity index (χ2v) is 6.61. The highest BCUT2D eigenvalue weighted by Crippen LogP contribution is 2.23. The summed E-state index contributed by atoms with van der Waals surface area (Å²) in [6.07, 6.45) is 9.11. The lowest BCUT2D eigenvalue weighted by Gasteiger charge is -2.38. The standard InChI is InChI=1S/C18H23N5O3/c24-18(23-6-8-25-13-16(23)17-4-2-7-26-17)21-15-10-20-22(12-15)11-14-3-1-5-19-9-14/h1,3,5,9-10,12,16-17H,2,4,6-8,11,13H2,(H,21,24). The smallest absolute Gasteiger partial charge is 0.322 e. The summed E-state index contributed by atoms with van der Waals surface area (Å²) >= 11 is 0. The van der Waals surface area contributed by atoms with Crippen LogP contribution in [0.4, 0.5) is 10.5 Å². The van der Waals surface area contributed by atoms with Crippen LogP contribution in [0.5, 0.6) is 0 Å². The number of hydrogen-bond donors (Lipinski definition) is 1. The van der Waals surface area contributed by atoms with Crippen molar-refractivity contribution in [1.29, 1.82) is 0 Å². The van der Waals surface area contributed by atoms with Crippen LogP contribution in [0.2, 0.25) is 0 Å². The number of aromatic nitrogens is 3. The third-order valence-electron chi connectivity index (χ3n) is 4.77. The second-order valence-electron chi connectivity index (χ2n) is 6.61. The maximum Gasteiger partial charge on any atom is 0.322 e. The Hall–Kier alpha value is -2.45. The van der Waals surface area contributed by atoms with Gasteiger partial charge in [-0.3, -0.25) is 9.67 Å².